The molecule has 0 spiro atoms. The molecular weight excluding hydrogens is 238 g/mol. The van der Waals surface area contributed by atoms with Gasteiger partial charge in [-0.3, -0.25) is 4.79 Å². The first-order valence-electron chi connectivity index (χ1n) is 6.68. The number of rotatable bonds is 1. The topological polar surface area (TPSA) is 44.7 Å². The molecule has 2 aliphatic heterocycles. The maximum absolute atomic E-state index is 12.4. The van der Waals surface area contributed by atoms with Gasteiger partial charge in [0.1, 0.15) is 5.71 Å². The minimum absolute atomic E-state index is 0.0726. The summed E-state index contributed by atoms with van der Waals surface area (Å²) in [4.78, 5) is 14.3. The first kappa shape index (κ1) is 12.2. The molecular formula is C15H19N3O. The van der Waals surface area contributed by atoms with Gasteiger partial charge in [0.05, 0.1) is 12.0 Å². The normalized spacial score (nSPS) is 26.2. The summed E-state index contributed by atoms with van der Waals surface area (Å²) in [5.41, 5.74) is 4.84. The number of nitrogens with zero attached hydrogens (tertiary/aromatic N) is 2. The highest BCUT2D eigenvalue weighted by molar-refractivity contribution is 6.42. The molecule has 1 amide bonds. The maximum Gasteiger partial charge on any atom is 0.270 e. The molecule has 0 bridgehead atoms. The smallest absolute Gasteiger partial charge is 0.270 e. The number of hydrazone groups is 1. The van der Waals surface area contributed by atoms with Gasteiger partial charge in [-0.25, -0.2) is 0 Å². The van der Waals surface area contributed by atoms with Crippen molar-refractivity contribution in [1.82, 2.24) is 10.3 Å². The zero-order valence-corrected chi connectivity index (χ0v) is 11.6. The fourth-order valence-corrected chi connectivity index (χ4v) is 2.83. The summed E-state index contributed by atoms with van der Waals surface area (Å²) in [6, 6.07) is 10.3. The second-order valence-corrected chi connectivity index (χ2v) is 6.21. The van der Waals surface area contributed by atoms with Crippen LogP contribution in [-0.4, -0.2) is 28.6 Å². The van der Waals surface area contributed by atoms with Crippen molar-refractivity contribution in [3.63, 3.8) is 0 Å². The van der Waals surface area contributed by atoms with Gasteiger partial charge in [0.25, 0.3) is 5.91 Å². The molecule has 0 radical (unpaired) electrons. The summed E-state index contributed by atoms with van der Waals surface area (Å²) < 4.78 is 0. The van der Waals surface area contributed by atoms with Crippen LogP contribution in [0.15, 0.2) is 35.4 Å². The van der Waals surface area contributed by atoms with Gasteiger partial charge >= 0.3 is 0 Å². The second-order valence-electron chi connectivity index (χ2n) is 6.21. The average Bonchev–Trinajstić information content (AvgIpc) is 2.91. The van der Waals surface area contributed by atoms with Crippen molar-refractivity contribution in [3.8, 4) is 0 Å². The molecule has 4 nitrogen and oxygen atoms in total. The first-order chi connectivity index (χ1) is 8.98. The molecule has 1 aromatic carbocycles. The van der Waals surface area contributed by atoms with Crippen LogP contribution in [0.4, 0.5) is 0 Å². The molecule has 4 heteroatoms. The maximum atomic E-state index is 12.4. The van der Waals surface area contributed by atoms with E-state index in [4.69, 9.17) is 0 Å². The lowest BCUT2D eigenvalue weighted by Crippen LogP contribution is -2.43. The average molecular weight is 257 g/mol. The van der Waals surface area contributed by atoms with E-state index in [2.05, 4.69) is 43.4 Å². The Hall–Kier alpha value is -1.84. The molecule has 0 unspecified atom stereocenters. The van der Waals surface area contributed by atoms with Crippen LogP contribution < -0.4 is 5.43 Å². The fourth-order valence-electron chi connectivity index (χ4n) is 2.83. The lowest BCUT2D eigenvalue weighted by atomic mass is 9.92. The quantitative estimate of drug-likeness (QED) is 0.835. The first-order valence-corrected chi connectivity index (χ1v) is 6.68. The summed E-state index contributed by atoms with van der Waals surface area (Å²) in [7, 11) is 0. The third kappa shape index (κ3) is 1.91. The van der Waals surface area contributed by atoms with Crippen LogP contribution >= 0.6 is 0 Å². The molecule has 0 aliphatic carbocycles. The Labute approximate surface area is 113 Å². The monoisotopic (exact) mass is 257 g/mol. The Balaban J connectivity index is 1.88. The molecule has 3 rings (SSSR count). The van der Waals surface area contributed by atoms with Crippen LogP contribution in [-0.2, 0) is 4.79 Å². The Kier molecular flexibility index (Phi) is 2.62. The van der Waals surface area contributed by atoms with Crippen molar-refractivity contribution >= 4 is 11.6 Å². The van der Waals surface area contributed by atoms with E-state index in [1.165, 1.54) is 5.56 Å². The lowest BCUT2D eigenvalue weighted by molar-refractivity contribution is -0.126. The molecule has 2 aliphatic rings. The summed E-state index contributed by atoms with van der Waals surface area (Å²) in [6.07, 6.45) is 0. The molecule has 0 saturated carbocycles. The minimum Gasteiger partial charge on any atom is -0.332 e. The van der Waals surface area contributed by atoms with Crippen LogP contribution in [0.25, 0.3) is 0 Å². The van der Waals surface area contributed by atoms with Crippen molar-refractivity contribution < 1.29 is 4.79 Å². The highest BCUT2D eigenvalue weighted by Gasteiger charge is 2.48. The molecule has 1 saturated heterocycles. The predicted molar refractivity (Wildman–Crippen MR) is 74.7 cm³/mol. The Morgan fingerprint density at radius 1 is 1.26 bits per heavy atom. The number of nitrogens with one attached hydrogen (secondary N) is 1. The van der Waals surface area contributed by atoms with Gasteiger partial charge in [0.2, 0.25) is 0 Å². The molecule has 0 aromatic heterocycles. The van der Waals surface area contributed by atoms with E-state index in [1.807, 2.05) is 23.1 Å². The van der Waals surface area contributed by atoms with E-state index in [0.29, 0.717) is 5.71 Å². The van der Waals surface area contributed by atoms with Crippen molar-refractivity contribution in [2.45, 2.75) is 32.4 Å². The van der Waals surface area contributed by atoms with Crippen molar-refractivity contribution in [1.29, 1.82) is 0 Å². The predicted octanol–water partition coefficient (Wildman–Crippen LogP) is 1.94. The third-order valence-electron chi connectivity index (χ3n) is 3.89. The molecule has 1 aromatic rings. The van der Waals surface area contributed by atoms with E-state index in [-0.39, 0.29) is 23.4 Å². The van der Waals surface area contributed by atoms with Crippen LogP contribution in [0.1, 0.15) is 32.4 Å². The highest BCUT2D eigenvalue weighted by Crippen LogP contribution is 2.35. The number of hydrogen-bond donors (Lipinski definition) is 1. The van der Waals surface area contributed by atoms with Crippen LogP contribution in [0.3, 0.4) is 0 Å². The van der Waals surface area contributed by atoms with Gasteiger partial charge in [0, 0.05) is 12.1 Å². The highest BCUT2D eigenvalue weighted by atomic mass is 16.2. The van der Waals surface area contributed by atoms with E-state index in [0.717, 1.165) is 6.54 Å². The van der Waals surface area contributed by atoms with Crippen LogP contribution in [0.2, 0.25) is 0 Å². The van der Waals surface area contributed by atoms with Gasteiger partial charge in [-0.05, 0) is 26.3 Å². The SMILES string of the molecule is CC(C)(C)N1C[C@@H]2C(=NN[C@@H]2c2ccccc2)C1=O. The van der Waals surface area contributed by atoms with Crippen molar-refractivity contribution in [2.75, 3.05) is 6.54 Å². The summed E-state index contributed by atoms with van der Waals surface area (Å²) in [5.74, 6) is 0.234. The Bertz CT molecular complexity index is 530. The molecule has 19 heavy (non-hydrogen) atoms. The zero-order valence-electron chi connectivity index (χ0n) is 11.6. The van der Waals surface area contributed by atoms with E-state index >= 15 is 0 Å². The number of carbonyl (C=O) groups is 1. The van der Waals surface area contributed by atoms with E-state index in [9.17, 15) is 4.79 Å². The number of amides is 1. The number of likely N-dealkylation sites (tertiary alicyclic amines) is 1. The number of fused-ring (bicyclic) bond motifs is 1. The number of benzene rings is 1. The van der Waals surface area contributed by atoms with Gasteiger partial charge < -0.3 is 10.3 Å². The molecule has 1 N–H and O–H groups in total. The van der Waals surface area contributed by atoms with Crippen LogP contribution in [0.5, 0.6) is 0 Å². The minimum atomic E-state index is -0.148. The molecule has 1 fully saturated rings. The summed E-state index contributed by atoms with van der Waals surface area (Å²) in [6.45, 7) is 6.94. The Morgan fingerprint density at radius 3 is 2.58 bits per heavy atom. The van der Waals surface area contributed by atoms with Crippen molar-refractivity contribution in [2.24, 2.45) is 11.0 Å². The molecule has 100 valence electrons. The second kappa shape index (κ2) is 4.08. The lowest BCUT2D eigenvalue weighted by Gasteiger charge is -2.32. The standard InChI is InChI=1S/C15H19N3O/c1-15(2,3)18-9-11-12(10-7-5-4-6-8-10)16-17-13(11)14(18)19/h4-8,11-12,16H,9H2,1-3H3/t11-,12+/m0/s1. The van der Waals surface area contributed by atoms with E-state index in [1.54, 1.807) is 0 Å². The molecule has 2 heterocycles. The largest absolute Gasteiger partial charge is 0.332 e. The Morgan fingerprint density at radius 2 is 1.95 bits per heavy atom. The van der Waals surface area contributed by atoms with Gasteiger partial charge in [-0.2, -0.15) is 5.10 Å². The van der Waals surface area contributed by atoms with Gasteiger partial charge in [0.15, 0.2) is 0 Å². The van der Waals surface area contributed by atoms with Crippen molar-refractivity contribution in [3.05, 3.63) is 35.9 Å². The van der Waals surface area contributed by atoms with Gasteiger partial charge in [-0.15, -0.1) is 0 Å². The van der Waals surface area contributed by atoms with Gasteiger partial charge in [-0.1, -0.05) is 30.3 Å². The van der Waals surface area contributed by atoms with E-state index < -0.39 is 0 Å². The number of carbonyl (C=O) groups excluding carboxylic acids is 1. The fraction of sp³-hybridized carbons (Fsp3) is 0.467. The van der Waals surface area contributed by atoms with Crippen LogP contribution in [0, 0.1) is 5.92 Å². The summed E-state index contributed by atoms with van der Waals surface area (Å²) in [5, 5.41) is 4.28. The zero-order chi connectivity index (χ0) is 13.6. The molecule has 2 atom stereocenters. The third-order valence-corrected chi connectivity index (χ3v) is 3.89. The number of hydrogen-bond acceptors (Lipinski definition) is 3. The summed E-state index contributed by atoms with van der Waals surface area (Å²) >= 11 is 0.